The van der Waals surface area contributed by atoms with Crippen LogP contribution in [0.1, 0.15) is 105 Å². The molecule has 21 nitrogen and oxygen atoms in total. The van der Waals surface area contributed by atoms with Crippen LogP contribution in [0.4, 0.5) is 30.2 Å². The van der Waals surface area contributed by atoms with Gasteiger partial charge in [-0.3, -0.25) is 43.8 Å². The van der Waals surface area contributed by atoms with Crippen LogP contribution in [0.3, 0.4) is 0 Å². The number of carbonyl (C=O) groups is 3. The number of H-pyrrole nitrogens is 1. The number of pyridine rings is 3. The average molecular weight is 1700 g/mol. The zero-order valence-electron chi connectivity index (χ0n) is 70.5. The number of imidazole rings is 1. The van der Waals surface area contributed by atoms with Crippen LogP contribution >= 0.6 is 11.6 Å². The number of halogens is 4. The molecule has 1 aliphatic heterocycles. The summed E-state index contributed by atoms with van der Waals surface area (Å²) in [5, 5.41) is 38.1. The Balaban J connectivity index is 0.000000144. The molecule has 5 aromatic heterocycles. The summed E-state index contributed by atoms with van der Waals surface area (Å²) < 4.78 is 53.9. The minimum atomic E-state index is -4.58. The number of nitriles is 1. The molecule has 8 aromatic carbocycles. The number of aliphatic hydroxyl groups excluding tert-OH is 1. The van der Waals surface area contributed by atoms with Gasteiger partial charge in [-0.1, -0.05) is 91.3 Å². The van der Waals surface area contributed by atoms with Crippen LogP contribution in [0.5, 0.6) is 17.2 Å². The fraction of sp³-hybridized carbons (Fsp3) is 0.210. The third-order valence-electron chi connectivity index (χ3n) is 21.4. The Hall–Kier alpha value is -14.3. The second-order valence-corrected chi connectivity index (χ2v) is 31.4. The van der Waals surface area contributed by atoms with Crippen molar-refractivity contribution in [3.8, 4) is 57.1 Å². The molecule has 0 spiro atoms. The van der Waals surface area contributed by atoms with Gasteiger partial charge in [-0.05, 0) is 250 Å². The predicted molar refractivity (Wildman–Crippen MR) is 487 cm³/mol. The van der Waals surface area contributed by atoms with Gasteiger partial charge in [-0.25, -0.2) is 4.98 Å². The van der Waals surface area contributed by atoms with Crippen LogP contribution in [-0.4, -0.2) is 115 Å². The summed E-state index contributed by atoms with van der Waals surface area (Å²) in [7, 11) is 7.67. The number of aliphatic hydroxyl groups is 1. The van der Waals surface area contributed by atoms with E-state index >= 15 is 0 Å². The van der Waals surface area contributed by atoms with Crippen molar-refractivity contribution in [1.82, 2.24) is 44.5 Å². The maximum atomic E-state index is 13.0. The van der Waals surface area contributed by atoms with Crippen LogP contribution in [0.15, 0.2) is 264 Å². The third-order valence-corrected chi connectivity index (χ3v) is 21.8. The number of carbonyl (C=O) groups excluding carboxylic acids is 3. The molecule has 2 aliphatic carbocycles. The van der Waals surface area contributed by atoms with Crippen molar-refractivity contribution in [2.24, 2.45) is 17.0 Å². The van der Waals surface area contributed by atoms with E-state index < -0.39 is 22.2 Å². The zero-order valence-corrected chi connectivity index (χ0v) is 71.3. The van der Waals surface area contributed by atoms with Gasteiger partial charge in [-0.2, -0.15) is 23.5 Å². The highest BCUT2D eigenvalue weighted by molar-refractivity contribution is 6.31. The van der Waals surface area contributed by atoms with E-state index in [2.05, 4.69) is 124 Å². The van der Waals surface area contributed by atoms with Gasteiger partial charge >= 0.3 is 6.18 Å². The molecule has 6 heterocycles. The molecule has 0 saturated heterocycles. The lowest BCUT2D eigenvalue weighted by molar-refractivity contribution is -0.137. The number of fused-ring (bicyclic) bond motifs is 3. The fourth-order valence-electron chi connectivity index (χ4n) is 14.5. The first-order valence-corrected chi connectivity index (χ1v) is 41.2. The summed E-state index contributed by atoms with van der Waals surface area (Å²) >= 11 is 5.61. The summed E-state index contributed by atoms with van der Waals surface area (Å²) in [5.41, 5.74) is 16.5. The van der Waals surface area contributed by atoms with E-state index in [1.165, 1.54) is 39.9 Å². The van der Waals surface area contributed by atoms with Crippen LogP contribution < -0.4 is 41.6 Å². The average Bonchev–Trinajstić information content (AvgIpc) is 1.64. The maximum Gasteiger partial charge on any atom is 0.417 e. The molecule has 0 fully saturated rings. The molecule has 1 amide bonds. The molecule has 0 radical (unpaired) electrons. The molecule has 5 N–H and O–H groups in total. The first-order chi connectivity index (χ1) is 60.2. The Bertz CT molecular complexity index is 6640. The topological polar surface area (TPSA) is 272 Å². The van der Waals surface area contributed by atoms with Crippen molar-refractivity contribution in [3.63, 3.8) is 0 Å². The number of aliphatic imine (C=N–C) groups is 2. The number of allylic oxidation sites excluding steroid dienone is 2. The molecular weight excluding hydrogens is 1600 g/mol. The highest BCUT2D eigenvalue weighted by Gasteiger charge is 2.34. The molecule has 3 aliphatic rings. The van der Waals surface area contributed by atoms with Gasteiger partial charge in [0.2, 0.25) is 0 Å². The Morgan fingerprint density at radius 3 is 2.22 bits per heavy atom. The number of hydrogen-bond donors (Lipinski definition) is 5. The van der Waals surface area contributed by atoms with Gasteiger partial charge < -0.3 is 45.0 Å². The highest BCUT2D eigenvalue weighted by atomic mass is 35.5. The van der Waals surface area contributed by atoms with E-state index in [0.29, 0.717) is 59.0 Å². The molecule has 634 valence electrons. The Labute approximate surface area is 726 Å². The summed E-state index contributed by atoms with van der Waals surface area (Å²) in [6.07, 6.45) is 16.4. The number of benzene rings is 8. The predicted octanol–water partition coefficient (Wildman–Crippen LogP) is 17.9. The molecule has 13 aromatic rings. The standard InChI is InChI=1S/C28H29N5O.C28H26N4O2.C24H19ClF3NO3.C20H20N4O/c1-29-25-11-7-21-18-22(6-10-24(21)25)27-26(19-12-14-30-15-13-19)31-28(32-27)20-4-8-23(9-5-20)34-17-16-33(2)3;1-18-8-10-23(31-26(33)20-6-5-7-21(14-20)28(2,3)17-29)16-25(18)30-22-11-9-19-12-13-32(4)27(34)24(19)15-22;1-2-23(31)22-14-19(9-10-29-22)32-18-6-3-15(4-7-18)11-17(30)12-16-5-8-21(25)20(13-16)24(26,27)28;1-21-19-5-3-15-12-16(2-4-17(15)19)18-13-24(10-11-25)23-20(18)14-6-8-22-9-7-14/h4-6,8-10,12-15,18,30H,1,7,11,16-17H2,2-3H3,(H,31,32);5-16,30H,1-4H3,(H,31,33);3-10,13-14H,2,11-12H2,1H3;2,4,6-9,12-13,25H,3,5,10-11H2,1H3/b27-22+;;;. The Morgan fingerprint density at radius 1 is 0.760 bits per heavy atom. The van der Waals surface area contributed by atoms with Crippen molar-refractivity contribution >= 4 is 80.6 Å². The number of nitrogens with zero attached hydrogens (tertiary/aromatic N) is 10. The second kappa shape index (κ2) is 40.2. The van der Waals surface area contributed by atoms with Crippen LogP contribution in [0.2, 0.25) is 5.02 Å². The van der Waals surface area contributed by atoms with E-state index in [4.69, 9.17) is 26.1 Å². The van der Waals surface area contributed by atoms with Crippen molar-refractivity contribution in [1.29, 1.82) is 5.26 Å². The molecular formula is C100H94ClF3N14O7. The normalized spacial score (nSPS) is 13.1. The maximum absolute atomic E-state index is 13.0. The molecule has 16 rings (SSSR count). The number of anilines is 3. The van der Waals surface area contributed by atoms with E-state index in [1.807, 2.05) is 133 Å². The number of hydrogen-bond acceptors (Lipinski definition) is 17. The van der Waals surface area contributed by atoms with Crippen LogP contribution in [-0.2, 0) is 55.7 Å². The van der Waals surface area contributed by atoms with Crippen LogP contribution in [0.25, 0.3) is 55.8 Å². The van der Waals surface area contributed by atoms with Gasteiger partial charge in [0, 0.05) is 156 Å². The minimum absolute atomic E-state index is 0.0549. The minimum Gasteiger partial charge on any atom is -0.492 e. The summed E-state index contributed by atoms with van der Waals surface area (Å²) in [5.74, 6) is 2.09. The summed E-state index contributed by atoms with van der Waals surface area (Å²) in [4.78, 5) is 76.9. The number of aromatic amines is 1. The number of likely N-dealkylation sites (N-methyl/N-ethyl adjacent to an activating group) is 1. The quantitative estimate of drug-likeness (QED) is 0.0294. The molecule has 0 saturated carbocycles. The first-order valence-electron chi connectivity index (χ1n) is 40.8. The third kappa shape index (κ3) is 22.2. The number of Topliss-reactive ketones (excluding diaryl/α,β-unsaturated/α-hetero) is 2. The van der Waals surface area contributed by atoms with Crippen molar-refractivity contribution in [2.75, 3.05) is 51.5 Å². The fourth-order valence-corrected chi connectivity index (χ4v) is 14.7. The second-order valence-electron chi connectivity index (χ2n) is 31.0. The number of ether oxygens (including phenoxy) is 2. The van der Waals surface area contributed by atoms with Gasteiger partial charge in [0.15, 0.2) is 5.78 Å². The molecule has 0 bridgehead atoms. The zero-order chi connectivity index (χ0) is 88.5. The Kier molecular flexibility index (Phi) is 28.5. The lowest BCUT2D eigenvalue weighted by Gasteiger charge is -2.17. The number of nitrogens with one attached hydrogen (secondary N) is 4. The lowest BCUT2D eigenvalue weighted by Crippen LogP contribution is -2.19. The van der Waals surface area contributed by atoms with Gasteiger partial charge in [0.1, 0.15) is 46.9 Å². The molecule has 125 heavy (non-hydrogen) atoms. The number of ketones is 2. The number of dihydropyridines is 1. The number of aryl methyl sites for hydroxylation is 4. The number of aromatic nitrogens is 7. The van der Waals surface area contributed by atoms with Crippen molar-refractivity contribution in [2.45, 2.75) is 90.8 Å². The van der Waals surface area contributed by atoms with Gasteiger partial charge in [-0.15, -0.1) is 0 Å². The Morgan fingerprint density at radius 2 is 1.50 bits per heavy atom. The molecule has 0 unspecified atom stereocenters. The van der Waals surface area contributed by atoms with Gasteiger partial charge in [0.25, 0.3) is 11.5 Å². The largest absolute Gasteiger partial charge is 0.492 e. The molecule has 25 heteroatoms. The summed E-state index contributed by atoms with van der Waals surface area (Å²) in [6, 6.07) is 61.1. The number of alkyl halides is 3. The number of amides is 1. The van der Waals surface area contributed by atoms with E-state index in [9.17, 15) is 42.7 Å². The highest BCUT2D eigenvalue weighted by Crippen LogP contribution is 2.38. The smallest absolute Gasteiger partial charge is 0.417 e. The van der Waals surface area contributed by atoms with Crippen molar-refractivity contribution < 1.29 is 42.1 Å². The summed E-state index contributed by atoms with van der Waals surface area (Å²) in [6.45, 7) is 13.2. The first kappa shape index (κ1) is 88.5. The van der Waals surface area contributed by atoms with Crippen LogP contribution in [0, 0.1) is 28.8 Å². The monoisotopic (exact) mass is 1690 g/mol. The van der Waals surface area contributed by atoms with E-state index in [0.717, 1.165) is 139 Å². The van der Waals surface area contributed by atoms with E-state index in [-0.39, 0.29) is 48.0 Å². The lowest BCUT2D eigenvalue weighted by atomic mass is 9.85. The SMILES string of the molecule is C=NC1=c2cc/c(=c3\nc(-c4ccc(OCCN(C)C)cc4)[nH]c3=C3C=CNC=C3)cc2CC1.CCC(=O)c1cc(Oc2ccc(CC(=O)Cc3ccc(Cl)c(C(F)(F)F)c3)cc2)ccn1.CN=C1CCc2cc(-c3cn(CCO)nc3-c3ccncc3)ccc21.Cc1ccc(NC(=O)c2cccc(C(C)(C)C#N)c2)cc1Nc1ccc2ccn(C)c(=O)c2c1. The molecule has 0 atom stereocenters. The van der Waals surface area contributed by atoms with Crippen molar-refractivity contribution in [3.05, 3.63) is 342 Å². The number of rotatable bonds is 23. The van der Waals surface area contributed by atoms with Gasteiger partial charge in [0.05, 0.1) is 45.9 Å². The van der Waals surface area contributed by atoms with E-state index in [1.54, 1.807) is 96.4 Å².